The smallest absolute Gasteiger partial charge is 0.251 e. The highest BCUT2D eigenvalue weighted by molar-refractivity contribution is 6.30. The molecule has 0 aliphatic heterocycles. The van der Waals surface area contributed by atoms with Crippen molar-refractivity contribution in [1.82, 2.24) is 14.5 Å². The second-order valence-electron chi connectivity index (χ2n) is 5.71. The molecule has 2 heterocycles. The van der Waals surface area contributed by atoms with Crippen molar-refractivity contribution in [3.8, 4) is 11.3 Å². The van der Waals surface area contributed by atoms with Crippen LogP contribution in [-0.4, -0.2) is 32.8 Å². The number of hydrogen-bond acceptors (Lipinski definition) is 5. The fourth-order valence-electron chi connectivity index (χ4n) is 2.74. The molecule has 1 aromatic carbocycles. The Balaban J connectivity index is 1.97. The van der Waals surface area contributed by atoms with Crippen LogP contribution in [-0.2, 0) is 0 Å². The summed E-state index contributed by atoms with van der Waals surface area (Å²) in [5.41, 5.74) is 1.88. The summed E-state index contributed by atoms with van der Waals surface area (Å²) in [6, 6.07) is 11.7. The first-order valence-corrected chi connectivity index (χ1v) is 8.66. The van der Waals surface area contributed by atoms with E-state index in [1.54, 1.807) is 42.7 Å². The Morgan fingerprint density at radius 2 is 2.12 bits per heavy atom. The van der Waals surface area contributed by atoms with E-state index in [1.165, 1.54) is 10.6 Å². The number of nitrogens with zero attached hydrogens (tertiary/aromatic N) is 3. The summed E-state index contributed by atoms with van der Waals surface area (Å²) in [6.45, 7) is 2.46. The molecule has 1 unspecified atom stereocenters. The minimum Gasteiger partial charge on any atom is -0.394 e. The number of pyridine rings is 1. The summed E-state index contributed by atoms with van der Waals surface area (Å²) in [7, 11) is 0. The van der Waals surface area contributed by atoms with Crippen LogP contribution in [0.5, 0.6) is 0 Å². The standard InChI is InChI=1S/C19H19ClN4O2/c1-2-21-19-22-8-6-16(23-19)13-7-9-24(18(26)11-13)17(12-25)14-4-3-5-15(20)10-14/h3-11,17,25H,2,12H2,1H3,(H,21,22,23). The number of aliphatic hydroxyl groups is 1. The first-order chi connectivity index (χ1) is 12.6. The van der Waals surface area contributed by atoms with Gasteiger partial charge >= 0.3 is 0 Å². The van der Waals surface area contributed by atoms with Crippen LogP contribution in [0.25, 0.3) is 11.3 Å². The molecule has 0 aliphatic rings. The summed E-state index contributed by atoms with van der Waals surface area (Å²) < 4.78 is 1.49. The lowest BCUT2D eigenvalue weighted by Crippen LogP contribution is -2.26. The fraction of sp³-hybridized carbons (Fsp3) is 0.211. The molecule has 2 N–H and O–H groups in total. The van der Waals surface area contributed by atoms with E-state index in [4.69, 9.17) is 11.6 Å². The Morgan fingerprint density at radius 1 is 1.27 bits per heavy atom. The van der Waals surface area contributed by atoms with E-state index >= 15 is 0 Å². The van der Waals surface area contributed by atoms with Crippen LogP contribution in [0, 0.1) is 0 Å². The third-order valence-electron chi connectivity index (χ3n) is 3.98. The van der Waals surface area contributed by atoms with E-state index in [0.29, 0.717) is 28.8 Å². The van der Waals surface area contributed by atoms with Crippen LogP contribution in [0.4, 0.5) is 5.95 Å². The molecular formula is C19H19ClN4O2. The average molecular weight is 371 g/mol. The maximum absolute atomic E-state index is 12.6. The van der Waals surface area contributed by atoms with E-state index in [1.807, 2.05) is 13.0 Å². The summed E-state index contributed by atoms with van der Waals surface area (Å²) in [5, 5.41) is 13.4. The zero-order valence-electron chi connectivity index (χ0n) is 14.3. The van der Waals surface area contributed by atoms with E-state index in [9.17, 15) is 9.90 Å². The number of halogens is 1. The van der Waals surface area contributed by atoms with Crippen molar-refractivity contribution >= 4 is 17.5 Å². The summed E-state index contributed by atoms with van der Waals surface area (Å²) in [4.78, 5) is 21.2. The number of hydrogen-bond donors (Lipinski definition) is 2. The van der Waals surface area contributed by atoms with E-state index in [0.717, 1.165) is 5.56 Å². The minimum absolute atomic E-state index is 0.211. The van der Waals surface area contributed by atoms with Gasteiger partial charge < -0.3 is 15.0 Å². The molecule has 2 aromatic heterocycles. The van der Waals surface area contributed by atoms with E-state index in [-0.39, 0.29) is 12.2 Å². The van der Waals surface area contributed by atoms with Gasteiger partial charge in [0.15, 0.2) is 0 Å². The Morgan fingerprint density at radius 3 is 2.81 bits per heavy atom. The zero-order chi connectivity index (χ0) is 18.5. The number of anilines is 1. The van der Waals surface area contributed by atoms with E-state index in [2.05, 4.69) is 15.3 Å². The highest BCUT2D eigenvalue weighted by Gasteiger charge is 2.15. The van der Waals surface area contributed by atoms with E-state index < -0.39 is 6.04 Å². The Labute approximate surface area is 156 Å². The number of nitrogens with one attached hydrogen (secondary N) is 1. The molecule has 0 radical (unpaired) electrons. The Kier molecular flexibility index (Phi) is 5.65. The van der Waals surface area contributed by atoms with Crippen molar-refractivity contribution in [3.63, 3.8) is 0 Å². The summed E-state index contributed by atoms with van der Waals surface area (Å²) >= 11 is 6.03. The van der Waals surface area contributed by atoms with Crippen molar-refractivity contribution in [2.75, 3.05) is 18.5 Å². The number of benzene rings is 1. The maximum atomic E-state index is 12.6. The molecule has 134 valence electrons. The maximum Gasteiger partial charge on any atom is 0.251 e. The molecule has 3 rings (SSSR count). The molecule has 7 heteroatoms. The monoisotopic (exact) mass is 370 g/mol. The van der Waals surface area contributed by atoms with Gasteiger partial charge in [0.2, 0.25) is 5.95 Å². The predicted octanol–water partition coefficient (Wildman–Crippen LogP) is 2.97. The third kappa shape index (κ3) is 3.92. The number of aliphatic hydroxyl groups excluding tert-OH is 1. The minimum atomic E-state index is -0.502. The highest BCUT2D eigenvalue weighted by Crippen LogP contribution is 2.22. The largest absolute Gasteiger partial charge is 0.394 e. The predicted molar refractivity (Wildman–Crippen MR) is 103 cm³/mol. The molecule has 26 heavy (non-hydrogen) atoms. The average Bonchev–Trinajstić information content (AvgIpc) is 2.64. The first kappa shape index (κ1) is 18.1. The lowest BCUT2D eigenvalue weighted by atomic mass is 10.1. The molecular weight excluding hydrogens is 352 g/mol. The highest BCUT2D eigenvalue weighted by atomic mass is 35.5. The van der Waals surface area contributed by atoms with Gasteiger partial charge in [0.25, 0.3) is 5.56 Å². The Bertz CT molecular complexity index is 958. The van der Waals surface area contributed by atoms with Gasteiger partial charge in [-0.25, -0.2) is 9.97 Å². The molecule has 0 bridgehead atoms. The summed E-state index contributed by atoms with van der Waals surface area (Å²) in [6.07, 6.45) is 3.31. The van der Waals surface area contributed by atoms with Crippen molar-refractivity contribution < 1.29 is 5.11 Å². The van der Waals surface area contributed by atoms with Crippen molar-refractivity contribution in [3.05, 3.63) is 75.8 Å². The van der Waals surface area contributed by atoms with Crippen LogP contribution < -0.4 is 10.9 Å². The summed E-state index contributed by atoms with van der Waals surface area (Å²) in [5.74, 6) is 0.515. The van der Waals surface area contributed by atoms with Gasteiger partial charge in [0.05, 0.1) is 18.3 Å². The fourth-order valence-corrected chi connectivity index (χ4v) is 2.94. The molecule has 0 aliphatic carbocycles. The van der Waals surface area contributed by atoms with Gasteiger partial charge in [-0.15, -0.1) is 0 Å². The molecule has 1 atom stereocenters. The lowest BCUT2D eigenvalue weighted by Gasteiger charge is -2.18. The first-order valence-electron chi connectivity index (χ1n) is 8.28. The van der Waals surface area contributed by atoms with Crippen LogP contribution in [0.15, 0.2) is 59.7 Å². The van der Waals surface area contributed by atoms with Crippen molar-refractivity contribution in [2.45, 2.75) is 13.0 Å². The van der Waals surface area contributed by atoms with Crippen LogP contribution in [0.3, 0.4) is 0 Å². The third-order valence-corrected chi connectivity index (χ3v) is 4.21. The van der Waals surface area contributed by atoms with Gasteiger partial charge in [-0.1, -0.05) is 23.7 Å². The number of rotatable bonds is 6. The van der Waals surface area contributed by atoms with Gasteiger partial charge in [0.1, 0.15) is 0 Å². The van der Waals surface area contributed by atoms with Gasteiger partial charge in [-0.05, 0) is 36.8 Å². The molecule has 0 fully saturated rings. The van der Waals surface area contributed by atoms with Crippen LogP contribution in [0.1, 0.15) is 18.5 Å². The molecule has 0 amide bonds. The molecule has 0 saturated carbocycles. The van der Waals surface area contributed by atoms with Gasteiger partial charge in [-0.2, -0.15) is 0 Å². The topological polar surface area (TPSA) is 80.0 Å². The van der Waals surface area contributed by atoms with Crippen molar-refractivity contribution in [2.24, 2.45) is 0 Å². The molecule has 0 saturated heterocycles. The number of aromatic nitrogens is 3. The normalized spacial score (nSPS) is 12.0. The van der Waals surface area contributed by atoms with Crippen LogP contribution in [0.2, 0.25) is 5.02 Å². The van der Waals surface area contributed by atoms with Gasteiger partial charge in [0, 0.05) is 35.6 Å². The second-order valence-corrected chi connectivity index (χ2v) is 6.15. The van der Waals surface area contributed by atoms with Gasteiger partial charge in [-0.3, -0.25) is 4.79 Å². The lowest BCUT2D eigenvalue weighted by molar-refractivity contribution is 0.247. The Hall–Kier alpha value is -2.70. The SMILES string of the molecule is CCNc1nccc(-c2ccn(C(CO)c3cccc(Cl)c3)c(=O)c2)n1. The molecule has 3 aromatic rings. The second kappa shape index (κ2) is 8.12. The molecule has 6 nitrogen and oxygen atoms in total. The van der Waals surface area contributed by atoms with Crippen LogP contribution >= 0.6 is 11.6 Å². The zero-order valence-corrected chi connectivity index (χ0v) is 15.0. The quantitative estimate of drug-likeness (QED) is 0.697. The van der Waals surface area contributed by atoms with Crippen molar-refractivity contribution in [1.29, 1.82) is 0 Å². The molecule has 0 spiro atoms.